The first-order valence-corrected chi connectivity index (χ1v) is 12.8. The van der Waals surface area contributed by atoms with Gasteiger partial charge in [0.05, 0.1) is 40.7 Å². The molecule has 0 spiro atoms. The van der Waals surface area contributed by atoms with Gasteiger partial charge in [-0.2, -0.15) is 13.2 Å². The second-order valence-corrected chi connectivity index (χ2v) is 9.27. The largest absolute Gasteiger partial charge is 0.416 e. The van der Waals surface area contributed by atoms with E-state index in [2.05, 4.69) is 25.6 Å². The summed E-state index contributed by atoms with van der Waals surface area (Å²) in [6, 6.07) is 20.8. The summed E-state index contributed by atoms with van der Waals surface area (Å²) in [4.78, 5) is 39.1. The van der Waals surface area contributed by atoms with Gasteiger partial charge in [-0.05, 0) is 66.7 Å². The van der Waals surface area contributed by atoms with Crippen molar-refractivity contribution < 1.29 is 27.5 Å². The summed E-state index contributed by atoms with van der Waals surface area (Å²) < 4.78 is 44.2. The first kappa shape index (κ1) is 28.4. The van der Waals surface area contributed by atoms with E-state index in [-0.39, 0.29) is 29.6 Å². The van der Waals surface area contributed by atoms with Gasteiger partial charge in [0.25, 0.3) is 11.8 Å². The van der Waals surface area contributed by atoms with Gasteiger partial charge in [-0.3, -0.25) is 19.6 Å². The van der Waals surface area contributed by atoms with Crippen LogP contribution >= 0.6 is 0 Å². The standard InChI is InChI=1S/C31H24F3N5O3/c1-42-18-26(25-6-2-3-15-35-25)38-29(40)21-9-13-24-20(17-21)10-14-27(37-24)39-30(41)23-5-4-16-36-28(23)19-7-11-22(12-8-19)31(32,33)34/h2-17,26H,18H2,1H3,(H,38,40)(H,37,39,41)/t26-/m1/s1. The van der Waals surface area contributed by atoms with Crippen LogP contribution in [-0.4, -0.2) is 40.5 Å². The molecule has 11 heteroatoms. The molecule has 0 fully saturated rings. The quantitative estimate of drug-likeness (QED) is 0.234. The zero-order valence-electron chi connectivity index (χ0n) is 22.2. The molecule has 5 rings (SSSR count). The normalized spacial score (nSPS) is 12.1. The Morgan fingerprint density at radius 1 is 0.881 bits per heavy atom. The number of methoxy groups -OCH3 is 1. The zero-order chi connectivity index (χ0) is 29.7. The van der Waals surface area contributed by atoms with E-state index >= 15 is 0 Å². The third kappa shape index (κ3) is 6.42. The molecule has 0 radical (unpaired) electrons. The summed E-state index contributed by atoms with van der Waals surface area (Å²) >= 11 is 0. The van der Waals surface area contributed by atoms with Crippen LogP contribution in [-0.2, 0) is 10.9 Å². The first-order valence-electron chi connectivity index (χ1n) is 12.8. The Kier molecular flexibility index (Phi) is 8.21. The van der Waals surface area contributed by atoms with Crippen molar-refractivity contribution in [1.82, 2.24) is 20.3 Å². The molecule has 42 heavy (non-hydrogen) atoms. The van der Waals surface area contributed by atoms with Gasteiger partial charge in [-0.15, -0.1) is 0 Å². The summed E-state index contributed by atoms with van der Waals surface area (Å²) in [6.07, 6.45) is -1.37. The number of ether oxygens (including phenoxy) is 1. The Morgan fingerprint density at radius 3 is 2.38 bits per heavy atom. The maximum atomic E-state index is 13.1. The fourth-order valence-electron chi connectivity index (χ4n) is 4.35. The van der Waals surface area contributed by atoms with Crippen molar-refractivity contribution in [2.75, 3.05) is 19.0 Å². The van der Waals surface area contributed by atoms with Gasteiger partial charge in [0.15, 0.2) is 0 Å². The lowest BCUT2D eigenvalue weighted by Gasteiger charge is -2.17. The van der Waals surface area contributed by atoms with Crippen molar-refractivity contribution in [3.63, 3.8) is 0 Å². The highest BCUT2D eigenvalue weighted by molar-refractivity contribution is 6.08. The molecular weight excluding hydrogens is 547 g/mol. The number of amides is 2. The highest BCUT2D eigenvalue weighted by atomic mass is 19.4. The molecule has 0 saturated carbocycles. The van der Waals surface area contributed by atoms with Gasteiger partial charge >= 0.3 is 6.18 Å². The number of aromatic nitrogens is 3. The summed E-state index contributed by atoms with van der Waals surface area (Å²) in [5, 5.41) is 6.33. The van der Waals surface area contributed by atoms with Gasteiger partial charge in [0.2, 0.25) is 0 Å². The number of anilines is 1. The van der Waals surface area contributed by atoms with Crippen molar-refractivity contribution in [2.24, 2.45) is 0 Å². The molecule has 8 nitrogen and oxygen atoms in total. The highest BCUT2D eigenvalue weighted by Gasteiger charge is 2.30. The average molecular weight is 572 g/mol. The third-order valence-corrected chi connectivity index (χ3v) is 6.41. The summed E-state index contributed by atoms with van der Waals surface area (Å²) in [5.41, 5.74) is 1.60. The number of alkyl halides is 3. The van der Waals surface area contributed by atoms with Gasteiger partial charge in [0.1, 0.15) is 5.82 Å². The Bertz CT molecular complexity index is 1730. The van der Waals surface area contributed by atoms with E-state index in [0.29, 0.717) is 27.7 Å². The smallest absolute Gasteiger partial charge is 0.382 e. The van der Waals surface area contributed by atoms with E-state index in [1.165, 1.54) is 24.4 Å². The molecule has 0 unspecified atom stereocenters. The summed E-state index contributed by atoms with van der Waals surface area (Å²) in [6.45, 7) is 0.248. The van der Waals surface area contributed by atoms with Crippen LogP contribution in [0.5, 0.6) is 0 Å². The van der Waals surface area contributed by atoms with Gasteiger partial charge in [-0.1, -0.05) is 18.2 Å². The molecule has 5 aromatic rings. The number of halogens is 3. The molecule has 0 bridgehead atoms. The van der Waals surface area contributed by atoms with Crippen molar-refractivity contribution in [1.29, 1.82) is 0 Å². The third-order valence-electron chi connectivity index (χ3n) is 6.41. The Labute approximate surface area is 238 Å². The maximum absolute atomic E-state index is 13.1. The SMILES string of the molecule is COC[C@@H](NC(=O)c1ccc2nc(NC(=O)c3cccnc3-c3ccc(C(F)(F)F)cc3)ccc2c1)c1ccccn1. The molecule has 0 saturated heterocycles. The van der Waals surface area contributed by atoms with Crippen LogP contribution in [0.1, 0.15) is 38.0 Å². The van der Waals surface area contributed by atoms with Crippen LogP contribution in [0.3, 0.4) is 0 Å². The van der Waals surface area contributed by atoms with E-state index in [9.17, 15) is 22.8 Å². The average Bonchev–Trinajstić information content (AvgIpc) is 3.00. The zero-order valence-corrected chi connectivity index (χ0v) is 22.2. The molecule has 3 heterocycles. The van der Waals surface area contributed by atoms with Crippen LogP contribution in [0.25, 0.3) is 22.2 Å². The fourth-order valence-corrected chi connectivity index (χ4v) is 4.35. The van der Waals surface area contributed by atoms with Crippen molar-refractivity contribution >= 4 is 28.5 Å². The summed E-state index contributed by atoms with van der Waals surface area (Å²) in [7, 11) is 1.55. The van der Waals surface area contributed by atoms with Gasteiger partial charge in [-0.25, -0.2) is 4.98 Å². The predicted octanol–water partition coefficient (Wildman–Crippen LogP) is 6.08. The monoisotopic (exact) mass is 571 g/mol. The molecule has 0 aliphatic rings. The Morgan fingerprint density at radius 2 is 1.67 bits per heavy atom. The Hall–Kier alpha value is -5.16. The number of carbonyl (C=O) groups is 2. The first-order chi connectivity index (χ1) is 20.2. The van der Waals surface area contributed by atoms with Crippen molar-refractivity contribution in [2.45, 2.75) is 12.2 Å². The number of benzene rings is 2. The molecule has 212 valence electrons. The minimum Gasteiger partial charge on any atom is -0.382 e. The lowest BCUT2D eigenvalue weighted by atomic mass is 10.0. The number of rotatable bonds is 8. The maximum Gasteiger partial charge on any atom is 0.416 e. The van der Waals surface area contributed by atoms with E-state index in [0.717, 1.165) is 12.1 Å². The minimum absolute atomic E-state index is 0.171. The molecule has 3 aromatic heterocycles. The number of pyridine rings is 3. The van der Waals surface area contributed by atoms with Crippen LogP contribution < -0.4 is 10.6 Å². The molecule has 0 aliphatic carbocycles. The van der Waals surface area contributed by atoms with E-state index < -0.39 is 23.7 Å². The van der Waals surface area contributed by atoms with Crippen LogP contribution in [0.15, 0.2) is 97.3 Å². The number of nitrogens with one attached hydrogen (secondary N) is 2. The number of hydrogen-bond acceptors (Lipinski definition) is 6. The van der Waals surface area contributed by atoms with E-state index in [4.69, 9.17) is 4.74 Å². The molecular formula is C31H24F3N5O3. The van der Waals surface area contributed by atoms with Crippen molar-refractivity contribution in [3.8, 4) is 11.3 Å². The van der Waals surface area contributed by atoms with Crippen LogP contribution in [0, 0.1) is 0 Å². The molecule has 2 amide bonds. The molecule has 2 N–H and O–H groups in total. The van der Waals surface area contributed by atoms with Crippen molar-refractivity contribution in [3.05, 3.63) is 120 Å². The Balaban J connectivity index is 1.32. The topological polar surface area (TPSA) is 106 Å². The molecule has 1 atom stereocenters. The number of nitrogens with zero attached hydrogens (tertiary/aromatic N) is 3. The van der Waals surface area contributed by atoms with Gasteiger partial charge in [0, 0.05) is 36.0 Å². The fraction of sp³-hybridized carbons (Fsp3) is 0.129. The van der Waals surface area contributed by atoms with Crippen LogP contribution in [0.4, 0.5) is 19.0 Å². The predicted molar refractivity (Wildman–Crippen MR) is 151 cm³/mol. The number of hydrogen-bond donors (Lipinski definition) is 2. The second kappa shape index (κ2) is 12.1. The minimum atomic E-state index is -4.47. The molecule has 0 aliphatic heterocycles. The highest BCUT2D eigenvalue weighted by Crippen LogP contribution is 2.31. The lowest BCUT2D eigenvalue weighted by molar-refractivity contribution is -0.137. The van der Waals surface area contributed by atoms with Crippen LogP contribution in [0.2, 0.25) is 0 Å². The van der Waals surface area contributed by atoms with Gasteiger partial charge < -0.3 is 15.4 Å². The molecule has 2 aromatic carbocycles. The number of carbonyl (C=O) groups excluding carboxylic acids is 2. The lowest BCUT2D eigenvalue weighted by Crippen LogP contribution is -2.31. The van der Waals surface area contributed by atoms with E-state index in [1.807, 2.05) is 12.1 Å². The van der Waals surface area contributed by atoms with E-state index in [1.54, 1.807) is 55.8 Å². The second-order valence-electron chi connectivity index (χ2n) is 9.27. The summed E-state index contributed by atoms with van der Waals surface area (Å²) in [5.74, 6) is -0.587. The number of fused-ring (bicyclic) bond motifs is 1.